The number of thioether (sulfide) groups is 1. The van der Waals surface area contributed by atoms with Gasteiger partial charge in [0.05, 0.1) is 5.69 Å². The van der Waals surface area contributed by atoms with E-state index in [1.54, 1.807) is 36.2 Å². The van der Waals surface area contributed by atoms with E-state index in [2.05, 4.69) is 18.0 Å². The molecule has 18 heavy (non-hydrogen) atoms. The first-order chi connectivity index (χ1) is 8.70. The lowest BCUT2D eigenvalue weighted by atomic mass is 10.2. The highest BCUT2D eigenvalue weighted by Gasteiger charge is 1.99. The second-order valence-corrected chi connectivity index (χ2v) is 4.82. The minimum atomic E-state index is -0.000867. The Balaban J connectivity index is 2.32. The van der Waals surface area contributed by atoms with E-state index in [0.717, 1.165) is 10.6 Å². The largest absolute Gasteiger partial charge is 0.872 e. The van der Waals surface area contributed by atoms with Gasteiger partial charge < -0.3 is 5.11 Å². The number of rotatable bonds is 3. The molecule has 0 aliphatic rings. The van der Waals surface area contributed by atoms with Crippen molar-refractivity contribution in [2.24, 2.45) is 4.99 Å². The molecular formula is C15H14NOS-. The quantitative estimate of drug-likeness (QED) is 0.622. The molecule has 0 amide bonds. The molecule has 3 heteroatoms. The van der Waals surface area contributed by atoms with Gasteiger partial charge in [0.25, 0.3) is 0 Å². The van der Waals surface area contributed by atoms with Gasteiger partial charge in [-0.05, 0) is 36.4 Å². The molecule has 0 radical (unpaired) electrons. The molecule has 0 heterocycles. The summed E-state index contributed by atoms with van der Waals surface area (Å²) in [7, 11) is 0. The molecule has 0 saturated heterocycles. The zero-order chi connectivity index (χ0) is 13.0. The Morgan fingerprint density at radius 1 is 1.17 bits per heavy atom. The molecule has 0 bridgehead atoms. The lowest BCUT2D eigenvalue weighted by Gasteiger charge is -2.08. The van der Waals surface area contributed by atoms with Gasteiger partial charge in [-0.3, -0.25) is 4.99 Å². The average molecular weight is 256 g/mol. The number of aliphatic imine (C=N–C) groups is 1. The number of para-hydroxylation sites is 1. The molecule has 0 atom stereocenters. The van der Waals surface area contributed by atoms with E-state index < -0.39 is 0 Å². The first-order valence-electron chi connectivity index (χ1n) is 5.65. The number of aryl methyl sites for hydroxylation is 1. The van der Waals surface area contributed by atoms with Crippen molar-refractivity contribution >= 4 is 23.7 Å². The van der Waals surface area contributed by atoms with Crippen LogP contribution in [-0.2, 0) is 0 Å². The van der Waals surface area contributed by atoms with Crippen molar-refractivity contribution < 1.29 is 5.11 Å². The third kappa shape index (κ3) is 2.93. The zero-order valence-corrected chi connectivity index (χ0v) is 11.2. The van der Waals surface area contributed by atoms with Crippen molar-refractivity contribution in [3.8, 4) is 5.75 Å². The molecule has 2 aromatic rings. The zero-order valence-electron chi connectivity index (χ0n) is 10.4. The van der Waals surface area contributed by atoms with Gasteiger partial charge in [-0.2, -0.15) is 0 Å². The van der Waals surface area contributed by atoms with Crippen molar-refractivity contribution in [1.82, 2.24) is 0 Å². The summed E-state index contributed by atoms with van der Waals surface area (Å²) in [5.41, 5.74) is 2.73. The van der Waals surface area contributed by atoms with Crippen LogP contribution in [0.2, 0.25) is 0 Å². The maximum atomic E-state index is 11.6. The molecule has 0 N–H and O–H groups in total. The molecule has 0 spiro atoms. The van der Waals surface area contributed by atoms with Gasteiger partial charge >= 0.3 is 0 Å². The molecule has 2 nitrogen and oxygen atoms in total. The Bertz CT molecular complexity index is 578. The van der Waals surface area contributed by atoms with Crippen LogP contribution in [0.15, 0.2) is 52.4 Å². The Morgan fingerprint density at radius 3 is 2.67 bits per heavy atom. The standard InChI is InChI=1S/C15H15NOS/c1-11-7-8-13(15(9-11)18-2)16-10-12-5-3-4-6-14(12)17/h3-10,17H,1-2H3/p-1. The van der Waals surface area contributed by atoms with Crippen LogP contribution < -0.4 is 5.11 Å². The fraction of sp³-hybridized carbons (Fsp3) is 0.133. The second kappa shape index (κ2) is 5.74. The predicted octanol–water partition coefficient (Wildman–Crippen LogP) is 3.54. The van der Waals surface area contributed by atoms with Crippen LogP contribution in [0.1, 0.15) is 11.1 Å². The van der Waals surface area contributed by atoms with Gasteiger partial charge in [0.1, 0.15) is 0 Å². The fourth-order valence-electron chi connectivity index (χ4n) is 1.62. The van der Waals surface area contributed by atoms with E-state index in [9.17, 15) is 5.11 Å². The Labute approximate surface area is 111 Å². The molecule has 0 fully saturated rings. The summed E-state index contributed by atoms with van der Waals surface area (Å²) in [5.74, 6) is -0.000867. The van der Waals surface area contributed by atoms with Gasteiger partial charge in [0, 0.05) is 11.1 Å². The molecular weight excluding hydrogens is 242 g/mol. The first-order valence-corrected chi connectivity index (χ1v) is 6.88. The van der Waals surface area contributed by atoms with E-state index in [1.165, 1.54) is 5.56 Å². The summed E-state index contributed by atoms with van der Waals surface area (Å²) in [6.07, 6.45) is 3.65. The van der Waals surface area contributed by atoms with E-state index in [1.807, 2.05) is 24.5 Å². The molecule has 0 saturated carbocycles. The Kier molecular flexibility index (Phi) is 4.05. The van der Waals surface area contributed by atoms with Crippen LogP contribution in [-0.4, -0.2) is 12.5 Å². The van der Waals surface area contributed by atoms with Crippen molar-refractivity contribution in [2.45, 2.75) is 11.8 Å². The van der Waals surface area contributed by atoms with Gasteiger partial charge in [-0.15, -0.1) is 17.5 Å². The summed E-state index contributed by atoms with van der Waals surface area (Å²) in [6, 6.07) is 13.0. The molecule has 0 aliphatic heterocycles. The van der Waals surface area contributed by atoms with Crippen LogP contribution >= 0.6 is 11.8 Å². The van der Waals surface area contributed by atoms with E-state index in [4.69, 9.17) is 0 Å². The van der Waals surface area contributed by atoms with Gasteiger partial charge in [0.15, 0.2) is 0 Å². The molecule has 2 rings (SSSR count). The maximum Gasteiger partial charge on any atom is 0.0765 e. The number of hydrogen-bond donors (Lipinski definition) is 0. The van der Waals surface area contributed by atoms with Gasteiger partial charge in [0.2, 0.25) is 0 Å². The van der Waals surface area contributed by atoms with Crippen LogP contribution in [0.25, 0.3) is 0 Å². The Morgan fingerprint density at radius 2 is 1.94 bits per heavy atom. The van der Waals surface area contributed by atoms with Crippen LogP contribution in [0.5, 0.6) is 5.75 Å². The summed E-state index contributed by atoms with van der Waals surface area (Å²) in [4.78, 5) is 5.52. The van der Waals surface area contributed by atoms with E-state index in [0.29, 0.717) is 5.56 Å². The lowest BCUT2D eigenvalue weighted by molar-refractivity contribution is -0.268. The first kappa shape index (κ1) is 12.7. The van der Waals surface area contributed by atoms with Crippen molar-refractivity contribution in [3.05, 3.63) is 53.6 Å². The van der Waals surface area contributed by atoms with Gasteiger partial charge in [-0.25, -0.2) is 0 Å². The second-order valence-electron chi connectivity index (χ2n) is 3.97. The van der Waals surface area contributed by atoms with Crippen molar-refractivity contribution in [2.75, 3.05) is 6.26 Å². The lowest BCUT2D eigenvalue weighted by Crippen LogP contribution is -1.94. The molecule has 92 valence electrons. The smallest absolute Gasteiger partial charge is 0.0765 e. The molecule has 2 aromatic carbocycles. The summed E-state index contributed by atoms with van der Waals surface area (Å²) < 4.78 is 0. The number of hydrogen-bond acceptors (Lipinski definition) is 3. The highest BCUT2D eigenvalue weighted by molar-refractivity contribution is 7.98. The van der Waals surface area contributed by atoms with Gasteiger partial charge in [-0.1, -0.05) is 30.3 Å². The summed E-state index contributed by atoms with van der Waals surface area (Å²) >= 11 is 1.66. The summed E-state index contributed by atoms with van der Waals surface area (Å²) in [6.45, 7) is 2.06. The number of nitrogens with zero attached hydrogens (tertiary/aromatic N) is 1. The average Bonchev–Trinajstić information content (AvgIpc) is 2.39. The topological polar surface area (TPSA) is 35.4 Å². The van der Waals surface area contributed by atoms with Crippen LogP contribution in [0, 0.1) is 6.92 Å². The van der Waals surface area contributed by atoms with Crippen molar-refractivity contribution in [1.29, 1.82) is 0 Å². The molecule has 0 aliphatic carbocycles. The van der Waals surface area contributed by atoms with Crippen molar-refractivity contribution in [3.63, 3.8) is 0 Å². The highest BCUT2D eigenvalue weighted by Crippen LogP contribution is 2.28. The maximum absolute atomic E-state index is 11.6. The predicted molar refractivity (Wildman–Crippen MR) is 76.1 cm³/mol. The van der Waals surface area contributed by atoms with E-state index in [-0.39, 0.29) is 5.75 Å². The minimum Gasteiger partial charge on any atom is -0.872 e. The third-order valence-electron chi connectivity index (χ3n) is 2.60. The fourth-order valence-corrected chi connectivity index (χ4v) is 2.25. The van der Waals surface area contributed by atoms with Crippen LogP contribution in [0.4, 0.5) is 5.69 Å². The van der Waals surface area contributed by atoms with Crippen LogP contribution in [0.3, 0.4) is 0 Å². The SMILES string of the molecule is CSc1cc(C)ccc1N=Cc1ccccc1[O-]. The molecule has 0 unspecified atom stereocenters. The molecule has 0 aromatic heterocycles. The Hall–Kier alpha value is -1.74. The highest BCUT2D eigenvalue weighted by atomic mass is 32.2. The third-order valence-corrected chi connectivity index (χ3v) is 3.36. The normalized spacial score (nSPS) is 11.0. The monoisotopic (exact) mass is 256 g/mol. The minimum absolute atomic E-state index is 0.000867. The van der Waals surface area contributed by atoms with E-state index >= 15 is 0 Å². The number of benzene rings is 2. The summed E-state index contributed by atoms with van der Waals surface area (Å²) in [5, 5.41) is 11.6.